The van der Waals surface area contributed by atoms with Gasteiger partial charge in [-0.05, 0) is 30.5 Å². The third-order valence-corrected chi connectivity index (χ3v) is 3.34. The summed E-state index contributed by atoms with van der Waals surface area (Å²) < 4.78 is 26.3. The molecule has 1 fully saturated rings. The molecule has 1 saturated carbocycles. The molecule has 0 N–H and O–H groups in total. The molecule has 0 atom stereocenters. The van der Waals surface area contributed by atoms with Crippen molar-refractivity contribution in [3.63, 3.8) is 0 Å². The standard InChI is InChI=1S/C13H13F2N/c14-11-6-10(7-12(15)8-11)13(9-16)4-2-1-3-5-13/h6-8H,1-5H2. The minimum Gasteiger partial charge on any atom is -0.207 e. The second-order valence-corrected chi connectivity index (χ2v) is 4.41. The van der Waals surface area contributed by atoms with E-state index in [1.807, 2.05) is 0 Å². The van der Waals surface area contributed by atoms with Crippen LogP contribution in [-0.4, -0.2) is 0 Å². The number of nitriles is 1. The summed E-state index contributed by atoms with van der Waals surface area (Å²) >= 11 is 0. The van der Waals surface area contributed by atoms with E-state index in [1.54, 1.807) is 0 Å². The van der Waals surface area contributed by atoms with Crippen LogP contribution in [0.5, 0.6) is 0 Å². The molecule has 0 aromatic heterocycles. The second-order valence-electron chi connectivity index (χ2n) is 4.41. The molecule has 1 aliphatic rings. The van der Waals surface area contributed by atoms with Gasteiger partial charge in [-0.25, -0.2) is 8.78 Å². The predicted molar refractivity (Wildman–Crippen MR) is 56.7 cm³/mol. The van der Waals surface area contributed by atoms with Gasteiger partial charge in [0, 0.05) is 6.07 Å². The van der Waals surface area contributed by atoms with Crippen LogP contribution in [0, 0.1) is 23.0 Å². The molecule has 0 amide bonds. The molecule has 1 aromatic carbocycles. The van der Waals surface area contributed by atoms with Crippen LogP contribution in [-0.2, 0) is 5.41 Å². The van der Waals surface area contributed by atoms with Gasteiger partial charge in [0.25, 0.3) is 0 Å². The molecule has 2 rings (SSSR count). The van der Waals surface area contributed by atoms with Crippen LogP contribution in [0.25, 0.3) is 0 Å². The number of benzene rings is 1. The fourth-order valence-electron chi connectivity index (χ4n) is 2.45. The van der Waals surface area contributed by atoms with Gasteiger partial charge in [-0.3, -0.25) is 0 Å². The van der Waals surface area contributed by atoms with Gasteiger partial charge in [-0.1, -0.05) is 19.3 Å². The molecule has 0 saturated heterocycles. The molecule has 0 aliphatic heterocycles. The highest BCUT2D eigenvalue weighted by Gasteiger charge is 2.34. The van der Waals surface area contributed by atoms with Crippen molar-refractivity contribution in [2.45, 2.75) is 37.5 Å². The fourth-order valence-corrected chi connectivity index (χ4v) is 2.45. The molecule has 0 bridgehead atoms. The van der Waals surface area contributed by atoms with E-state index in [1.165, 1.54) is 12.1 Å². The molecular formula is C13H13F2N. The third kappa shape index (κ3) is 1.92. The van der Waals surface area contributed by atoms with Gasteiger partial charge >= 0.3 is 0 Å². The van der Waals surface area contributed by atoms with Crippen LogP contribution in [0.2, 0.25) is 0 Å². The van der Waals surface area contributed by atoms with Gasteiger partial charge in [0.05, 0.1) is 11.5 Å². The van der Waals surface area contributed by atoms with Crippen molar-refractivity contribution in [3.8, 4) is 6.07 Å². The van der Waals surface area contributed by atoms with Crippen molar-refractivity contribution in [1.29, 1.82) is 5.26 Å². The van der Waals surface area contributed by atoms with E-state index in [4.69, 9.17) is 0 Å². The van der Waals surface area contributed by atoms with E-state index >= 15 is 0 Å². The summed E-state index contributed by atoms with van der Waals surface area (Å²) in [4.78, 5) is 0. The SMILES string of the molecule is N#CC1(c2cc(F)cc(F)c2)CCCCC1. The lowest BCUT2D eigenvalue weighted by Crippen LogP contribution is -2.27. The Balaban J connectivity index is 2.43. The van der Waals surface area contributed by atoms with Crippen molar-refractivity contribution in [2.24, 2.45) is 0 Å². The Kier molecular flexibility index (Phi) is 2.91. The lowest BCUT2D eigenvalue weighted by atomic mass is 9.70. The smallest absolute Gasteiger partial charge is 0.126 e. The largest absolute Gasteiger partial charge is 0.207 e. The van der Waals surface area contributed by atoms with Crippen LogP contribution >= 0.6 is 0 Å². The van der Waals surface area contributed by atoms with Gasteiger partial charge in [0.1, 0.15) is 11.6 Å². The van der Waals surface area contributed by atoms with E-state index in [9.17, 15) is 14.0 Å². The van der Waals surface area contributed by atoms with Gasteiger partial charge in [0.2, 0.25) is 0 Å². The Morgan fingerprint density at radius 3 is 2.06 bits per heavy atom. The molecule has 84 valence electrons. The van der Waals surface area contributed by atoms with Gasteiger partial charge < -0.3 is 0 Å². The van der Waals surface area contributed by atoms with Crippen molar-refractivity contribution < 1.29 is 8.78 Å². The highest BCUT2D eigenvalue weighted by molar-refractivity contribution is 5.33. The van der Waals surface area contributed by atoms with Crippen LogP contribution in [0.3, 0.4) is 0 Å². The van der Waals surface area contributed by atoms with E-state index in [-0.39, 0.29) is 0 Å². The number of hydrogen-bond acceptors (Lipinski definition) is 1. The second kappa shape index (κ2) is 4.21. The quantitative estimate of drug-likeness (QED) is 0.709. The lowest BCUT2D eigenvalue weighted by Gasteiger charge is -2.31. The maximum Gasteiger partial charge on any atom is 0.126 e. The molecule has 0 unspecified atom stereocenters. The molecule has 16 heavy (non-hydrogen) atoms. The molecular weight excluding hydrogens is 208 g/mol. The normalized spacial score (nSPS) is 19.1. The van der Waals surface area contributed by atoms with Gasteiger partial charge in [-0.15, -0.1) is 0 Å². The predicted octanol–water partition coefficient (Wildman–Crippen LogP) is 3.69. The Hall–Kier alpha value is -1.43. The highest BCUT2D eigenvalue weighted by Crippen LogP contribution is 2.39. The topological polar surface area (TPSA) is 23.8 Å². The number of rotatable bonds is 1. The first-order valence-electron chi connectivity index (χ1n) is 5.54. The van der Waals surface area contributed by atoms with E-state index in [0.29, 0.717) is 18.4 Å². The average molecular weight is 221 g/mol. The summed E-state index contributed by atoms with van der Waals surface area (Å²) in [6.45, 7) is 0. The minimum absolute atomic E-state index is 0.493. The Labute approximate surface area is 93.7 Å². The Bertz CT molecular complexity index is 408. The Morgan fingerprint density at radius 1 is 1.00 bits per heavy atom. The zero-order valence-electron chi connectivity index (χ0n) is 8.97. The van der Waals surface area contributed by atoms with Crippen LogP contribution in [0.4, 0.5) is 8.78 Å². The summed E-state index contributed by atoms with van der Waals surface area (Å²) in [5.41, 5.74) is -0.187. The summed E-state index contributed by atoms with van der Waals surface area (Å²) in [6.07, 6.45) is 4.40. The Morgan fingerprint density at radius 2 is 1.56 bits per heavy atom. The first kappa shape index (κ1) is 11.1. The average Bonchev–Trinajstić information content (AvgIpc) is 2.28. The van der Waals surface area contributed by atoms with Gasteiger partial charge in [0.15, 0.2) is 0 Å². The zero-order valence-corrected chi connectivity index (χ0v) is 8.97. The summed E-state index contributed by atoms with van der Waals surface area (Å²) in [7, 11) is 0. The lowest BCUT2D eigenvalue weighted by molar-refractivity contribution is 0.363. The van der Waals surface area contributed by atoms with E-state index in [0.717, 1.165) is 25.3 Å². The maximum atomic E-state index is 13.1. The third-order valence-electron chi connectivity index (χ3n) is 3.34. The molecule has 0 heterocycles. The molecule has 0 spiro atoms. The fraction of sp³-hybridized carbons (Fsp3) is 0.462. The summed E-state index contributed by atoms with van der Waals surface area (Å²) in [5.74, 6) is -1.20. The van der Waals surface area contributed by atoms with E-state index < -0.39 is 17.0 Å². The monoisotopic (exact) mass is 221 g/mol. The van der Waals surface area contributed by atoms with Crippen LogP contribution < -0.4 is 0 Å². The number of halogens is 2. The molecule has 1 aromatic rings. The van der Waals surface area contributed by atoms with Crippen molar-refractivity contribution >= 4 is 0 Å². The van der Waals surface area contributed by atoms with Crippen LogP contribution in [0.15, 0.2) is 18.2 Å². The molecule has 3 heteroatoms. The molecule has 0 radical (unpaired) electrons. The number of nitrogens with zero attached hydrogens (tertiary/aromatic N) is 1. The summed E-state index contributed by atoms with van der Waals surface area (Å²) in [5, 5.41) is 9.28. The van der Waals surface area contributed by atoms with Crippen LogP contribution in [0.1, 0.15) is 37.7 Å². The first-order chi connectivity index (χ1) is 7.66. The maximum absolute atomic E-state index is 13.1. The summed E-state index contributed by atoms with van der Waals surface area (Å²) in [6, 6.07) is 5.68. The number of hydrogen-bond donors (Lipinski definition) is 0. The van der Waals surface area contributed by atoms with Crippen molar-refractivity contribution in [1.82, 2.24) is 0 Å². The van der Waals surface area contributed by atoms with Gasteiger partial charge in [-0.2, -0.15) is 5.26 Å². The minimum atomic E-state index is -0.679. The highest BCUT2D eigenvalue weighted by atomic mass is 19.1. The first-order valence-corrected chi connectivity index (χ1v) is 5.54. The molecule has 1 nitrogen and oxygen atoms in total. The van der Waals surface area contributed by atoms with Crippen molar-refractivity contribution in [3.05, 3.63) is 35.4 Å². The zero-order chi connectivity index (χ0) is 11.6. The van der Waals surface area contributed by atoms with E-state index in [2.05, 4.69) is 6.07 Å². The molecule has 1 aliphatic carbocycles. The van der Waals surface area contributed by atoms with Crippen molar-refractivity contribution in [2.75, 3.05) is 0 Å².